The third kappa shape index (κ3) is 11.0. The number of carbonyl (C=O) groups is 1. The van der Waals surface area contributed by atoms with E-state index < -0.39 is 27.9 Å². The molecule has 0 aromatic heterocycles. The Kier molecular flexibility index (Phi) is 7.51. The summed E-state index contributed by atoms with van der Waals surface area (Å²) in [4.78, 5) is 11.7. The Morgan fingerprint density at radius 2 is 1.85 bits per heavy atom. The van der Waals surface area contributed by atoms with Crippen molar-refractivity contribution in [3.8, 4) is 0 Å². The smallest absolute Gasteiger partial charge is 0.407 e. The summed E-state index contributed by atoms with van der Waals surface area (Å²) in [6.45, 7) is 9.29. The molecule has 1 amide bonds. The number of alkyl carbamates (subject to hydrolysis) is 1. The van der Waals surface area contributed by atoms with Crippen LogP contribution in [0.2, 0.25) is 0 Å². The predicted octanol–water partition coefficient (Wildman–Crippen LogP) is 2.29. The van der Waals surface area contributed by atoms with E-state index in [1.807, 2.05) is 13.8 Å². The van der Waals surface area contributed by atoms with Gasteiger partial charge in [-0.25, -0.2) is 4.79 Å². The molecule has 0 aromatic rings. The van der Waals surface area contributed by atoms with E-state index in [-0.39, 0.29) is 6.61 Å². The molecule has 0 aliphatic rings. The van der Waals surface area contributed by atoms with Gasteiger partial charge < -0.3 is 10.1 Å². The molecule has 0 saturated carbocycles. The number of hydrogen-bond acceptors (Lipinski definition) is 5. The van der Waals surface area contributed by atoms with E-state index in [0.717, 1.165) is 12.7 Å². The zero-order chi connectivity index (χ0) is 16.0. The fraction of sp³-hybridized carbons (Fsp3) is 0.923. The second-order valence-corrected chi connectivity index (χ2v) is 7.72. The number of rotatable bonds is 7. The number of carbonyl (C=O) groups excluding carboxylic acids is 1. The molecule has 0 rings (SSSR count). The van der Waals surface area contributed by atoms with Gasteiger partial charge in [-0.2, -0.15) is 8.42 Å². The standard InChI is InChI=1S/C13H27NO5S/c1-7-10(2)8-11(9-18-20(6,16)17)14-12(15)19-13(3,4)5/h10-11H,7-9H2,1-6H3,(H,14,15). The number of nitrogens with one attached hydrogen (secondary N) is 1. The van der Waals surface area contributed by atoms with Crippen LogP contribution in [-0.4, -0.2) is 39.0 Å². The lowest BCUT2D eigenvalue weighted by molar-refractivity contribution is 0.0479. The van der Waals surface area contributed by atoms with E-state index in [9.17, 15) is 13.2 Å². The summed E-state index contributed by atoms with van der Waals surface area (Å²) in [5.74, 6) is 0.345. The van der Waals surface area contributed by atoms with Crippen LogP contribution in [0, 0.1) is 5.92 Å². The van der Waals surface area contributed by atoms with Gasteiger partial charge in [-0.3, -0.25) is 4.18 Å². The summed E-state index contributed by atoms with van der Waals surface area (Å²) >= 11 is 0. The van der Waals surface area contributed by atoms with Gasteiger partial charge in [0.15, 0.2) is 0 Å². The molecule has 0 aliphatic carbocycles. The van der Waals surface area contributed by atoms with Crippen molar-refractivity contribution >= 4 is 16.2 Å². The third-order valence-electron chi connectivity index (χ3n) is 2.59. The lowest BCUT2D eigenvalue weighted by Crippen LogP contribution is -2.42. The predicted molar refractivity (Wildman–Crippen MR) is 78.0 cm³/mol. The third-order valence-corrected chi connectivity index (χ3v) is 3.15. The highest BCUT2D eigenvalue weighted by atomic mass is 32.2. The molecule has 0 aromatic carbocycles. The molecule has 2 unspecified atom stereocenters. The first-order valence-corrected chi connectivity index (χ1v) is 8.58. The summed E-state index contributed by atoms with van der Waals surface area (Å²) in [6.07, 6.45) is 1.99. The first-order valence-electron chi connectivity index (χ1n) is 6.77. The highest BCUT2D eigenvalue weighted by Gasteiger charge is 2.21. The van der Waals surface area contributed by atoms with Gasteiger partial charge in [0.1, 0.15) is 5.60 Å². The van der Waals surface area contributed by atoms with Crippen molar-refractivity contribution in [3.05, 3.63) is 0 Å². The minimum absolute atomic E-state index is 0.0809. The SMILES string of the molecule is CCC(C)CC(COS(C)(=O)=O)NC(=O)OC(C)(C)C. The van der Waals surface area contributed by atoms with Crippen LogP contribution < -0.4 is 5.32 Å². The summed E-state index contributed by atoms with van der Waals surface area (Å²) in [5.41, 5.74) is -0.595. The van der Waals surface area contributed by atoms with Gasteiger partial charge in [-0.15, -0.1) is 0 Å². The molecule has 0 radical (unpaired) electrons. The van der Waals surface area contributed by atoms with Crippen molar-refractivity contribution < 1.29 is 22.1 Å². The topological polar surface area (TPSA) is 81.7 Å². The molecule has 0 fully saturated rings. The minimum atomic E-state index is -3.52. The lowest BCUT2D eigenvalue weighted by atomic mass is 10.00. The van der Waals surface area contributed by atoms with Crippen LogP contribution in [0.15, 0.2) is 0 Å². The van der Waals surface area contributed by atoms with E-state index in [4.69, 9.17) is 8.92 Å². The van der Waals surface area contributed by atoms with Gasteiger partial charge in [0.05, 0.1) is 18.9 Å². The molecule has 6 nitrogen and oxygen atoms in total. The summed E-state index contributed by atoms with van der Waals surface area (Å²) in [5, 5.41) is 2.66. The van der Waals surface area contributed by atoms with Crippen LogP contribution in [0.3, 0.4) is 0 Å². The number of hydrogen-bond donors (Lipinski definition) is 1. The first-order chi connectivity index (χ1) is 8.93. The van der Waals surface area contributed by atoms with Crippen LogP contribution >= 0.6 is 0 Å². The van der Waals surface area contributed by atoms with Crippen molar-refractivity contribution in [1.29, 1.82) is 0 Å². The fourth-order valence-corrected chi connectivity index (χ4v) is 1.91. The molecule has 0 heterocycles. The molecule has 120 valence electrons. The van der Waals surface area contributed by atoms with Crippen molar-refractivity contribution in [2.24, 2.45) is 5.92 Å². The molecule has 1 N–H and O–H groups in total. The van der Waals surface area contributed by atoms with Crippen LogP contribution in [-0.2, 0) is 19.0 Å². The molecule has 0 bridgehead atoms. The first kappa shape index (κ1) is 19.2. The van der Waals surface area contributed by atoms with Crippen LogP contribution in [0.5, 0.6) is 0 Å². The molecule has 0 aliphatic heterocycles. The zero-order valence-electron chi connectivity index (χ0n) is 13.2. The van der Waals surface area contributed by atoms with Gasteiger partial charge in [-0.05, 0) is 33.1 Å². The van der Waals surface area contributed by atoms with E-state index in [2.05, 4.69) is 5.32 Å². The average molecular weight is 309 g/mol. The zero-order valence-corrected chi connectivity index (χ0v) is 14.0. The fourth-order valence-electron chi connectivity index (χ4n) is 1.50. The van der Waals surface area contributed by atoms with Crippen LogP contribution in [0.4, 0.5) is 4.79 Å². The Balaban J connectivity index is 4.56. The van der Waals surface area contributed by atoms with Gasteiger partial charge in [0.25, 0.3) is 10.1 Å². The Morgan fingerprint density at radius 1 is 1.30 bits per heavy atom. The maximum absolute atomic E-state index is 11.7. The Morgan fingerprint density at radius 3 is 2.25 bits per heavy atom. The summed E-state index contributed by atoms with van der Waals surface area (Å²) in [6, 6.07) is -0.394. The minimum Gasteiger partial charge on any atom is -0.444 e. The normalized spacial score (nSPS) is 15.5. The molecule has 7 heteroatoms. The monoisotopic (exact) mass is 309 g/mol. The van der Waals surface area contributed by atoms with E-state index in [0.29, 0.717) is 12.3 Å². The number of amides is 1. The second kappa shape index (κ2) is 7.83. The highest BCUT2D eigenvalue weighted by molar-refractivity contribution is 7.85. The molecule has 0 saturated heterocycles. The van der Waals surface area contributed by atoms with Gasteiger partial charge >= 0.3 is 6.09 Å². The summed E-state index contributed by atoms with van der Waals surface area (Å²) in [7, 11) is -3.52. The Labute approximate surface area is 122 Å². The Hall–Kier alpha value is -0.820. The molecular formula is C13H27NO5S. The van der Waals surface area contributed by atoms with Gasteiger partial charge in [0.2, 0.25) is 0 Å². The largest absolute Gasteiger partial charge is 0.444 e. The quantitative estimate of drug-likeness (QED) is 0.730. The second-order valence-electron chi connectivity index (χ2n) is 6.08. The van der Waals surface area contributed by atoms with Crippen molar-refractivity contribution in [1.82, 2.24) is 5.32 Å². The van der Waals surface area contributed by atoms with E-state index in [1.165, 1.54) is 0 Å². The molecule has 2 atom stereocenters. The van der Waals surface area contributed by atoms with Crippen LogP contribution in [0.25, 0.3) is 0 Å². The molecule has 20 heavy (non-hydrogen) atoms. The van der Waals surface area contributed by atoms with Crippen LogP contribution in [0.1, 0.15) is 47.5 Å². The van der Waals surface area contributed by atoms with E-state index >= 15 is 0 Å². The van der Waals surface area contributed by atoms with Gasteiger partial charge in [-0.1, -0.05) is 20.3 Å². The highest BCUT2D eigenvalue weighted by Crippen LogP contribution is 2.12. The van der Waals surface area contributed by atoms with Crippen molar-refractivity contribution in [2.75, 3.05) is 12.9 Å². The summed E-state index contributed by atoms with van der Waals surface area (Å²) < 4.78 is 32.0. The van der Waals surface area contributed by atoms with Gasteiger partial charge in [0, 0.05) is 0 Å². The van der Waals surface area contributed by atoms with E-state index in [1.54, 1.807) is 20.8 Å². The average Bonchev–Trinajstić information content (AvgIpc) is 2.21. The molecular weight excluding hydrogens is 282 g/mol. The van der Waals surface area contributed by atoms with Crippen molar-refractivity contribution in [3.63, 3.8) is 0 Å². The number of ether oxygens (including phenoxy) is 1. The Bertz CT molecular complexity index is 399. The molecule has 0 spiro atoms. The maximum atomic E-state index is 11.7. The lowest BCUT2D eigenvalue weighted by Gasteiger charge is -2.24. The van der Waals surface area contributed by atoms with Crippen molar-refractivity contribution in [2.45, 2.75) is 59.1 Å². The maximum Gasteiger partial charge on any atom is 0.407 e.